The molecule has 0 aromatic heterocycles. The molecule has 11 heavy (non-hydrogen) atoms. The standard InChI is InChI=1S/C8H15NO2/c1-6(11)7(9-5-10)8(2,3)4/h5,7H,1-4H3,(H,9,10). The number of rotatable bonds is 3. The summed E-state index contributed by atoms with van der Waals surface area (Å²) in [6.45, 7) is 7.22. The maximum Gasteiger partial charge on any atom is 0.207 e. The number of carbonyl (C=O) groups excluding carboxylic acids is 2. The minimum atomic E-state index is -0.375. The molecule has 0 spiro atoms. The van der Waals surface area contributed by atoms with Gasteiger partial charge in [0.15, 0.2) is 5.78 Å². The van der Waals surface area contributed by atoms with Crippen molar-refractivity contribution in [2.45, 2.75) is 33.7 Å². The normalized spacial score (nSPS) is 13.8. The average Bonchev–Trinajstić information content (AvgIpc) is 1.79. The first-order chi connectivity index (χ1) is 4.89. The van der Waals surface area contributed by atoms with E-state index in [2.05, 4.69) is 5.32 Å². The van der Waals surface area contributed by atoms with Gasteiger partial charge in [0.05, 0.1) is 6.04 Å². The van der Waals surface area contributed by atoms with Crippen molar-refractivity contribution >= 4 is 12.2 Å². The smallest absolute Gasteiger partial charge is 0.207 e. The van der Waals surface area contributed by atoms with Crippen molar-refractivity contribution in [3.8, 4) is 0 Å². The van der Waals surface area contributed by atoms with Gasteiger partial charge in [0.1, 0.15) is 0 Å². The molecule has 0 heterocycles. The van der Waals surface area contributed by atoms with Crippen LogP contribution in [0.25, 0.3) is 0 Å². The van der Waals surface area contributed by atoms with Crippen LogP contribution < -0.4 is 5.32 Å². The van der Waals surface area contributed by atoms with Crippen molar-refractivity contribution in [2.75, 3.05) is 0 Å². The van der Waals surface area contributed by atoms with E-state index in [1.165, 1.54) is 6.92 Å². The Balaban J connectivity index is 4.34. The first kappa shape index (κ1) is 10.1. The number of hydrogen-bond donors (Lipinski definition) is 1. The first-order valence-corrected chi connectivity index (χ1v) is 3.59. The molecule has 1 atom stereocenters. The average molecular weight is 157 g/mol. The SMILES string of the molecule is CC(=O)C(NC=O)C(C)(C)C. The third-order valence-electron chi connectivity index (χ3n) is 1.51. The van der Waals surface area contributed by atoms with Gasteiger partial charge in [0.2, 0.25) is 6.41 Å². The molecule has 1 amide bonds. The molecular formula is C8H15NO2. The third kappa shape index (κ3) is 3.16. The fourth-order valence-electron chi connectivity index (χ4n) is 1.05. The Morgan fingerprint density at radius 1 is 1.45 bits per heavy atom. The summed E-state index contributed by atoms with van der Waals surface area (Å²) in [7, 11) is 0. The number of ketones is 1. The fraction of sp³-hybridized carbons (Fsp3) is 0.750. The zero-order valence-corrected chi connectivity index (χ0v) is 7.47. The lowest BCUT2D eigenvalue weighted by molar-refractivity contribution is -0.124. The molecule has 3 nitrogen and oxygen atoms in total. The maximum atomic E-state index is 11.0. The minimum absolute atomic E-state index is 0.00963. The summed E-state index contributed by atoms with van der Waals surface area (Å²) >= 11 is 0. The van der Waals surface area contributed by atoms with Crippen molar-refractivity contribution in [3.05, 3.63) is 0 Å². The molecule has 3 heteroatoms. The number of carbonyl (C=O) groups is 2. The molecule has 0 bridgehead atoms. The minimum Gasteiger partial charge on any atom is -0.348 e. The van der Waals surface area contributed by atoms with E-state index in [1.54, 1.807) is 0 Å². The topological polar surface area (TPSA) is 46.2 Å². The summed E-state index contributed by atoms with van der Waals surface area (Å²) in [6.07, 6.45) is 0.567. The van der Waals surface area contributed by atoms with Crippen LogP contribution in [0.3, 0.4) is 0 Å². The molecule has 0 aliphatic carbocycles. The van der Waals surface area contributed by atoms with Gasteiger partial charge >= 0.3 is 0 Å². The van der Waals surface area contributed by atoms with E-state index in [-0.39, 0.29) is 17.2 Å². The predicted octanol–water partition coefficient (Wildman–Crippen LogP) is 0.736. The van der Waals surface area contributed by atoms with Crippen LogP contribution in [0.15, 0.2) is 0 Å². The lowest BCUT2D eigenvalue weighted by atomic mass is 9.85. The summed E-state index contributed by atoms with van der Waals surface area (Å²) < 4.78 is 0. The molecular weight excluding hydrogens is 142 g/mol. The van der Waals surface area contributed by atoms with Crippen molar-refractivity contribution < 1.29 is 9.59 Å². The van der Waals surface area contributed by atoms with E-state index in [4.69, 9.17) is 0 Å². The Morgan fingerprint density at radius 2 is 1.91 bits per heavy atom. The van der Waals surface area contributed by atoms with Gasteiger partial charge in [0, 0.05) is 0 Å². The van der Waals surface area contributed by atoms with Crippen LogP contribution in [0, 0.1) is 5.41 Å². The highest BCUT2D eigenvalue weighted by Crippen LogP contribution is 2.19. The van der Waals surface area contributed by atoms with Crippen molar-refractivity contribution in [3.63, 3.8) is 0 Å². The van der Waals surface area contributed by atoms with Crippen molar-refractivity contribution in [2.24, 2.45) is 5.41 Å². The van der Waals surface area contributed by atoms with Gasteiger partial charge in [-0.3, -0.25) is 9.59 Å². The molecule has 64 valence electrons. The second-order valence-electron chi connectivity index (χ2n) is 3.69. The van der Waals surface area contributed by atoms with Crippen molar-refractivity contribution in [1.29, 1.82) is 0 Å². The lowest BCUT2D eigenvalue weighted by Gasteiger charge is -2.27. The molecule has 0 aromatic rings. The van der Waals surface area contributed by atoms with Crippen LogP contribution in [0.5, 0.6) is 0 Å². The van der Waals surface area contributed by atoms with Crippen molar-refractivity contribution in [1.82, 2.24) is 5.32 Å². The summed E-state index contributed by atoms with van der Waals surface area (Å²) in [6, 6.07) is -0.375. The van der Waals surface area contributed by atoms with E-state index in [9.17, 15) is 9.59 Å². The molecule has 0 aromatic carbocycles. The Kier molecular flexibility index (Phi) is 3.23. The van der Waals surface area contributed by atoms with Gasteiger partial charge < -0.3 is 5.32 Å². The van der Waals surface area contributed by atoms with E-state index >= 15 is 0 Å². The molecule has 0 saturated carbocycles. The van der Waals surface area contributed by atoms with E-state index in [1.807, 2.05) is 20.8 Å². The first-order valence-electron chi connectivity index (χ1n) is 3.59. The number of Topliss-reactive ketones (excluding diaryl/α,β-unsaturated/α-hetero) is 1. The van der Waals surface area contributed by atoms with Gasteiger partial charge in [0.25, 0.3) is 0 Å². The fourth-order valence-corrected chi connectivity index (χ4v) is 1.05. The highest BCUT2D eigenvalue weighted by atomic mass is 16.1. The monoisotopic (exact) mass is 157 g/mol. The van der Waals surface area contributed by atoms with Crippen LogP contribution in [-0.2, 0) is 9.59 Å². The summed E-state index contributed by atoms with van der Waals surface area (Å²) in [5.74, 6) is -0.00963. The largest absolute Gasteiger partial charge is 0.348 e. The maximum absolute atomic E-state index is 11.0. The summed E-state index contributed by atoms with van der Waals surface area (Å²) in [4.78, 5) is 21.1. The molecule has 0 saturated heterocycles. The Bertz CT molecular complexity index is 158. The Hall–Kier alpha value is -0.860. The second kappa shape index (κ2) is 3.51. The molecule has 0 fully saturated rings. The van der Waals surface area contributed by atoms with Gasteiger partial charge in [-0.2, -0.15) is 0 Å². The zero-order valence-electron chi connectivity index (χ0n) is 7.47. The molecule has 1 unspecified atom stereocenters. The number of hydrogen-bond acceptors (Lipinski definition) is 2. The lowest BCUT2D eigenvalue weighted by Crippen LogP contribution is -2.44. The highest BCUT2D eigenvalue weighted by molar-refractivity contribution is 5.84. The van der Waals surface area contributed by atoms with Crippen LogP contribution in [0.2, 0.25) is 0 Å². The van der Waals surface area contributed by atoms with Gasteiger partial charge in [-0.15, -0.1) is 0 Å². The summed E-state index contributed by atoms with van der Waals surface area (Å²) in [5.41, 5.74) is -0.202. The summed E-state index contributed by atoms with van der Waals surface area (Å²) in [5, 5.41) is 2.49. The van der Waals surface area contributed by atoms with Crippen LogP contribution >= 0.6 is 0 Å². The molecule has 0 rings (SSSR count). The van der Waals surface area contributed by atoms with E-state index in [0.29, 0.717) is 6.41 Å². The molecule has 0 radical (unpaired) electrons. The predicted molar refractivity (Wildman–Crippen MR) is 43.1 cm³/mol. The van der Waals surface area contributed by atoms with Crippen LogP contribution in [0.1, 0.15) is 27.7 Å². The number of amides is 1. The molecule has 0 aliphatic rings. The molecule has 1 N–H and O–H groups in total. The second-order valence-corrected chi connectivity index (χ2v) is 3.69. The van der Waals surface area contributed by atoms with Gasteiger partial charge in [-0.1, -0.05) is 20.8 Å². The quantitative estimate of drug-likeness (QED) is 0.614. The highest BCUT2D eigenvalue weighted by Gasteiger charge is 2.27. The zero-order chi connectivity index (χ0) is 9.07. The van der Waals surface area contributed by atoms with Crippen LogP contribution in [0.4, 0.5) is 0 Å². The van der Waals surface area contributed by atoms with E-state index < -0.39 is 0 Å². The van der Waals surface area contributed by atoms with Gasteiger partial charge in [-0.05, 0) is 12.3 Å². The number of nitrogens with one attached hydrogen (secondary N) is 1. The Labute approximate surface area is 67.2 Å². The van der Waals surface area contributed by atoms with E-state index in [0.717, 1.165) is 0 Å². The van der Waals surface area contributed by atoms with Gasteiger partial charge in [-0.25, -0.2) is 0 Å². The third-order valence-corrected chi connectivity index (χ3v) is 1.51. The van der Waals surface area contributed by atoms with Crippen LogP contribution in [-0.4, -0.2) is 18.2 Å². The Morgan fingerprint density at radius 3 is 2.00 bits per heavy atom. The molecule has 0 aliphatic heterocycles.